The summed E-state index contributed by atoms with van der Waals surface area (Å²) in [4.78, 5) is 1.27. The highest BCUT2D eigenvalue weighted by molar-refractivity contribution is 9.10. The summed E-state index contributed by atoms with van der Waals surface area (Å²) in [7, 11) is 0. The van der Waals surface area contributed by atoms with Crippen LogP contribution in [0.5, 0.6) is 11.5 Å². The molecule has 2 aromatic carbocycles. The zero-order valence-corrected chi connectivity index (χ0v) is 12.9. The molecule has 98 valence electrons. The van der Waals surface area contributed by atoms with Gasteiger partial charge in [0, 0.05) is 21.7 Å². The lowest BCUT2D eigenvalue weighted by molar-refractivity contribution is 0.473. The molecule has 0 saturated carbocycles. The predicted molar refractivity (Wildman–Crippen MR) is 80.1 cm³/mol. The largest absolute Gasteiger partial charge is 0.456 e. The van der Waals surface area contributed by atoms with Gasteiger partial charge in [-0.1, -0.05) is 11.6 Å². The van der Waals surface area contributed by atoms with Crippen LogP contribution in [0.1, 0.15) is 5.56 Å². The van der Waals surface area contributed by atoms with Crippen LogP contribution in [0, 0.1) is 5.82 Å². The molecule has 2 aromatic rings. The van der Waals surface area contributed by atoms with E-state index in [-0.39, 0.29) is 0 Å². The molecule has 1 nitrogen and oxygen atoms in total. The fourth-order valence-corrected chi connectivity index (χ4v) is 4.04. The molecule has 3 rings (SSSR count). The summed E-state index contributed by atoms with van der Waals surface area (Å²) in [6, 6.07) is 8.09. The lowest BCUT2D eigenvalue weighted by Gasteiger charge is -2.11. The lowest BCUT2D eigenvalue weighted by Crippen LogP contribution is -1.91. The van der Waals surface area contributed by atoms with Crippen LogP contribution >= 0.6 is 39.3 Å². The number of hydrogen-bond donors (Lipinski definition) is 0. The third-order valence-corrected chi connectivity index (χ3v) is 5.03. The van der Waals surface area contributed by atoms with Crippen LogP contribution in [0.2, 0.25) is 5.02 Å². The molecule has 1 aliphatic heterocycles. The van der Waals surface area contributed by atoms with E-state index in [1.165, 1.54) is 22.6 Å². The van der Waals surface area contributed by atoms with E-state index < -0.39 is 5.82 Å². The minimum atomic E-state index is -0.407. The van der Waals surface area contributed by atoms with Crippen molar-refractivity contribution in [1.82, 2.24) is 0 Å². The van der Waals surface area contributed by atoms with Crippen LogP contribution in [0.4, 0.5) is 4.39 Å². The van der Waals surface area contributed by atoms with Gasteiger partial charge < -0.3 is 4.74 Å². The van der Waals surface area contributed by atoms with Gasteiger partial charge in [0.15, 0.2) is 0 Å². The van der Waals surface area contributed by atoms with Crippen LogP contribution < -0.4 is 4.74 Å². The average Bonchev–Trinajstić information content (AvgIpc) is 2.80. The predicted octanol–water partition coefficient (Wildman–Crippen LogP) is 5.68. The maximum Gasteiger partial charge on any atom is 0.141 e. The molecule has 0 radical (unpaired) electrons. The Morgan fingerprint density at radius 2 is 2.11 bits per heavy atom. The van der Waals surface area contributed by atoms with Gasteiger partial charge in [-0.05, 0) is 52.2 Å². The zero-order valence-electron chi connectivity index (χ0n) is 9.75. The Morgan fingerprint density at radius 3 is 2.89 bits per heavy atom. The first kappa shape index (κ1) is 13.3. The zero-order chi connectivity index (χ0) is 13.4. The van der Waals surface area contributed by atoms with E-state index in [1.807, 2.05) is 23.9 Å². The standard InChI is InChI=1S/C14H9BrClFOS/c15-14-11-3-4-19-13(11)2-1-12(14)18-10-6-8(16)5-9(17)7-10/h1-2,5-7H,3-4H2. The number of ether oxygens (including phenoxy) is 1. The number of benzene rings is 2. The number of rotatable bonds is 2. The lowest BCUT2D eigenvalue weighted by atomic mass is 10.1. The van der Waals surface area contributed by atoms with E-state index in [9.17, 15) is 4.39 Å². The van der Waals surface area contributed by atoms with Gasteiger partial charge in [0.1, 0.15) is 17.3 Å². The Hall–Kier alpha value is -0.710. The Labute approximate surface area is 128 Å². The molecule has 0 amide bonds. The van der Waals surface area contributed by atoms with Gasteiger partial charge in [0.25, 0.3) is 0 Å². The first-order chi connectivity index (χ1) is 9.13. The molecule has 0 N–H and O–H groups in total. The van der Waals surface area contributed by atoms with Crippen molar-refractivity contribution in [3.05, 3.63) is 51.2 Å². The van der Waals surface area contributed by atoms with Gasteiger partial charge in [0.05, 0.1) is 4.47 Å². The molecule has 19 heavy (non-hydrogen) atoms. The molecule has 1 heterocycles. The molecule has 0 fully saturated rings. The van der Waals surface area contributed by atoms with Crippen molar-refractivity contribution in [3.63, 3.8) is 0 Å². The third kappa shape index (κ3) is 2.76. The summed E-state index contributed by atoms with van der Waals surface area (Å²) in [5, 5.41) is 0.322. The highest BCUT2D eigenvalue weighted by Gasteiger charge is 2.18. The molecule has 5 heteroatoms. The molecule has 0 saturated heterocycles. The summed E-state index contributed by atoms with van der Waals surface area (Å²) in [5.41, 5.74) is 1.25. The third-order valence-electron chi connectivity index (χ3n) is 2.84. The Kier molecular flexibility index (Phi) is 3.74. The van der Waals surface area contributed by atoms with Crippen molar-refractivity contribution in [3.8, 4) is 11.5 Å². The second-order valence-corrected chi connectivity index (χ2v) is 6.53. The minimum absolute atomic E-state index is 0.322. The summed E-state index contributed by atoms with van der Waals surface area (Å²) >= 11 is 11.2. The summed E-state index contributed by atoms with van der Waals surface area (Å²) in [6.07, 6.45) is 1.02. The van der Waals surface area contributed by atoms with E-state index in [0.717, 1.165) is 16.6 Å². The van der Waals surface area contributed by atoms with Gasteiger partial charge in [-0.2, -0.15) is 0 Å². The van der Waals surface area contributed by atoms with Gasteiger partial charge >= 0.3 is 0 Å². The Morgan fingerprint density at radius 1 is 1.26 bits per heavy atom. The molecule has 0 atom stereocenters. The van der Waals surface area contributed by atoms with Gasteiger partial charge in [0.2, 0.25) is 0 Å². The molecule has 0 bridgehead atoms. The number of thioether (sulfide) groups is 1. The maximum absolute atomic E-state index is 13.3. The number of hydrogen-bond acceptors (Lipinski definition) is 2. The monoisotopic (exact) mass is 358 g/mol. The Balaban J connectivity index is 1.95. The van der Waals surface area contributed by atoms with Gasteiger partial charge in [-0.3, -0.25) is 0 Å². The van der Waals surface area contributed by atoms with Crippen LogP contribution in [0.25, 0.3) is 0 Å². The quantitative estimate of drug-likeness (QED) is 0.682. The number of fused-ring (bicyclic) bond motifs is 1. The smallest absolute Gasteiger partial charge is 0.141 e. The molecular formula is C14H9BrClFOS. The van der Waals surface area contributed by atoms with Crippen molar-refractivity contribution in [2.75, 3.05) is 5.75 Å². The molecule has 1 aliphatic rings. The van der Waals surface area contributed by atoms with Crippen LogP contribution in [0.3, 0.4) is 0 Å². The fraction of sp³-hybridized carbons (Fsp3) is 0.143. The highest BCUT2D eigenvalue weighted by Crippen LogP contribution is 2.42. The van der Waals surface area contributed by atoms with Crippen LogP contribution in [-0.4, -0.2) is 5.75 Å². The first-order valence-corrected chi connectivity index (χ1v) is 7.87. The Bertz CT molecular complexity index is 627. The van der Waals surface area contributed by atoms with E-state index >= 15 is 0 Å². The van der Waals surface area contributed by atoms with Crippen molar-refractivity contribution < 1.29 is 9.13 Å². The minimum Gasteiger partial charge on any atom is -0.456 e. The summed E-state index contributed by atoms with van der Waals surface area (Å²) < 4.78 is 19.9. The topological polar surface area (TPSA) is 9.23 Å². The van der Waals surface area contributed by atoms with Gasteiger partial charge in [-0.15, -0.1) is 11.8 Å². The van der Waals surface area contributed by atoms with E-state index in [0.29, 0.717) is 16.5 Å². The summed E-state index contributed by atoms with van der Waals surface area (Å²) in [5.74, 6) is 1.76. The van der Waals surface area contributed by atoms with E-state index in [4.69, 9.17) is 16.3 Å². The van der Waals surface area contributed by atoms with Crippen LogP contribution in [0.15, 0.2) is 39.7 Å². The second-order valence-electron chi connectivity index (χ2n) is 4.16. The number of halogens is 3. The SMILES string of the molecule is Fc1cc(Cl)cc(Oc2ccc3c(c2Br)CCS3)c1. The van der Waals surface area contributed by atoms with Crippen molar-refractivity contribution in [1.29, 1.82) is 0 Å². The first-order valence-electron chi connectivity index (χ1n) is 5.71. The van der Waals surface area contributed by atoms with Gasteiger partial charge in [-0.25, -0.2) is 4.39 Å². The van der Waals surface area contributed by atoms with Crippen LogP contribution in [-0.2, 0) is 6.42 Å². The van der Waals surface area contributed by atoms with Crippen molar-refractivity contribution in [2.45, 2.75) is 11.3 Å². The molecule has 0 aliphatic carbocycles. The van der Waals surface area contributed by atoms with E-state index in [1.54, 1.807) is 6.07 Å². The average molecular weight is 360 g/mol. The molecule has 0 unspecified atom stereocenters. The normalized spacial score (nSPS) is 13.4. The van der Waals surface area contributed by atoms with Crippen molar-refractivity contribution in [2.24, 2.45) is 0 Å². The fourth-order valence-electron chi connectivity index (χ4n) is 2.01. The second kappa shape index (κ2) is 5.35. The molecule has 0 aromatic heterocycles. The highest BCUT2D eigenvalue weighted by atomic mass is 79.9. The maximum atomic E-state index is 13.3. The summed E-state index contributed by atoms with van der Waals surface area (Å²) in [6.45, 7) is 0. The van der Waals surface area contributed by atoms with E-state index in [2.05, 4.69) is 15.9 Å². The van der Waals surface area contributed by atoms with Crippen molar-refractivity contribution >= 4 is 39.3 Å². The molecular weight excluding hydrogens is 351 g/mol. The molecule has 0 spiro atoms.